The second-order valence-electron chi connectivity index (χ2n) is 8.51. The van der Waals surface area contributed by atoms with Gasteiger partial charge >= 0.3 is 0 Å². The molecule has 2 saturated carbocycles. The first-order chi connectivity index (χ1) is 14.2. The lowest BCUT2D eigenvalue weighted by molar-refractivity contribution is -0.130. The van der Waals surface area contributed by atoms with Crippen LogP contribution in [0.15, 0.2) is 35.5 Å². The van der Waals surface area contributed by atoms with Gasteiger partial charge in [-0.1, -0.05) is 42.1 Å². The smallest absolute Gasteiger partial charge is 0.233 e. The third kappa shape index (κ3) is 4.21. The molecule has 3 fully saturated rings. The van der Waals surface area contributed by atoms with Crippen molar-refractivity contribution in [1.29, 1.82) is 0 Å². The van der Waals surface area contributed by atoms with Gasteiger partial charge < -0.3 is 9.47 Å². The van der Waals surface area contributed by atoms with E-state index < -0.39 is 0 Å². The zero-order valence-corrected chi connectivity index (χ0v) is 17.9. The van der Waals surface area contributed by atoms with Crippen molar-refractivity contribution in [2.24, 2.45) is 0 Å². The summed E-state index contributed by atoms with van der Waals surface area (Å²) in [5, 5.41) is 9.81. The Morgan fingerprint density at radius 2 is 1.79 bits per heavy atom. The standard InChI is InChI=1S/C22H29N5OS/c1-16(17-5-3-2-4-6-17)25-11-13-26(14-12-25)20(28)15-29-22-24-23-21(18-7-8-18)27(22)19-9-10-19/h2-6,16,18-19H,7-15H2,1H3. The van der Waals surface area contributed by atoms with E-state index in [-0.39, 0.29) is 5.91 Å². The summed E-state index contributed by atoms with van der Waals surface area (Å²) in [5.41, 5.74) is 1.34. The lowest BCUT2D eigenvalue weighted by Crippen LogP contribution is -2.49. The van der Waals surface area contributed by atoms with Crippen LogP contribution < -0.4 is 0 Å². The number of nitrogens with zero attached hydrogens (tertiary/aromatic N) is 5. The lowest BCUT2D eigenvalue weighted by atomic mass is 10.1. The highest BCUT2D eigenvalue weighted by atomic mass is 32.2. The molecule has 0 spiro atoms. The highest BCUT2D eigenvalue weighted by molar-refractivity contribution is 7.99. The minimum Gasteiger partial charge on any atom is -0.339 e. The molecule has 0 radical (unpaired) electrons. The van der Waals surface area contributed by atoms with Crippen LogP contribution in [0.3, 0.4) is 0 Å². The summed E-state index contributed by atoms with van der Waals surface area (Å²) in [5.74, 6) is 2.45. The molecular weight excluding hydrogens is 382 g/mol. The Labute approximate surface area is 176 Å². The molecule has 1 amide bonds. The Bertz CT molecular complexity index is 853. The molecule has 29 heavy (non-hydrogen) atoms. The van der Waals surface area contributed by atoms with Gasteiger partial charge in [-0.25, -0.2) is 0 Å². The molecule has 5 rings (SSSR count). The van der Waals surface area contributed by atoms with Crippen molar-refractivity contribution in [3.05, 3.63) is 41.7 Å². The number of rotatable bonds is 7. The fourth-order valence-electron chi connectivity index (χ4n) is 4.20. The molecule has 7 heteroatoms. The lowest BCUT2D eigenvalue weighted by Gasteiger charge is -2.38. The Morgan fingerprint density at radius 1 is 1.07 bits per heavy atom. The Morgan fingerprint density at radius 3 is 2.45 bits per heavy atom. The average molecular weight is 412 g/mol. The van der Waals surface area contributed by atoms with E-state index in [0.717, 1.165) is 37.2 Å². The fraction of sp³-hybridized carbons (Fsp3) is 0.591. The number of hydrogen-bond donors (Lipinski definition) is 0. The highest BCUT2D eigenvalue weighted by Gasteiger charge is 2.36. The van der Waals surface area contributed by atoms with E-state index >= 15 is 0 Å². The Kier molecular flexibility index (Phi) is 5.35. The minimum absolute atomic E-state index is 0.223. The van der Waals surface area contributed by atoms with E-state index in [1.165, 1.54) is 31.2 Å². The van der Waals surface area contributed by atoms with Crippen molar-refractivity contribution in [1.82, 2.24) is 24.6 Å². The van der Waals surface area contributed by atoms with Crippen molar-refractivity contribution in [3.8, 4) is 0 Å². The molecule has 3 aliphatic rings. The largest absolute Gasteiger partial charge is 0.339 e. The molecule has 154 valence electrons. The first-order valence-electron chi connectivity index (χ1n) is 10.8. The van der Waals surface area contributed by atoms with Crippen molar-refractivity contribution in [2.45, 2.75) is 55.8 Å². The highest BCUT2D eigenvalue weighted by Crippen LogP contribution is 2.46. The first-order valence-corrected chi connectivity index (χ1v) is 11.8. The van der Waals surface area contributed by atoms with E-state index in [4.69, 9.17) is 0 Å². The molecule has 6 nitrogen and oxygen atoms in total. The molecule has 0 bridgehead atoms. The van der Waals surface area contributed by atoms with Gasteiger partial charge in [0.15, 0.2) is 5.16 Å². The van der Waals surface area contributed by atoms with Crippen LogP contribution in [-0.4, -0.2) is 62.4 Å². The molecule has 2 aromatic rings. The maximum atomic E-state index is 12.8. The summed E-state index contributed by atoms with van der Waals surface area (Å²) in [6.07, 6.45) is 4.92. The molecule has 1 aromatic heterocycles. The SMILES string of the molecule is CC(c1ccccc1)N1CCN(C(=O)CSc2nnc(C3CC3)n2C2CC2)CC1. The quantitative estimate of drug-likeness (QED) is 0.653. The van der Waals surface area contributed by atoms with Gasteiger partial charge in [0.05, 0.1) is 5.75 Å². The van der Waals surface area contributed by atoms with Crippen LogP contribution in [0, 0.1) is 0 Å². The summed E-state index contributed by atoms with van der Waals surface area (Å²) in [7, 11) is 0. The van der Waals surface area contributed by atoms with E-state index in [1.54, 1.807) is 11.8 Å². The second kappa shape index (κ2) is 8.11. The van der Waals surface area contributed by atoms with E-state index in [9.17, 15) is 4.79 Å². The van der Waals surface area contributed by atoms with Crippen molar-refractivity contribution >= 4 is 17.7 Å². The van der Waals surface area contributed by atoms with Crippen LogP contribution in [0.2, 0.25) is 0 Å². The zero-order valence-electron chi connectivity index (χ0n) is 17.0. The number of thioether (sulfide) groups is 1. The predicted octanol–water partition coefficient (Wildman–Crippen LogP) is 3.49. The molecule has 1 aromatic carbocycles. The topological polar surface area (TPSA) is 54.3 Å². The number of amides is 1. The van der Waals surface area contributed by atoms with Crippen molar-refractivity contribution in [2.75, 3.05) is 31.9 Å². The van der Waals surface area contributed by atoms with Gasteiger partial charge in [-0.3, -0.25) is 9.69 Å². The number of aromatic nitrogens is 3. The Hall–Kier alpha value is -1.86. The van der Waals surface area contributed by atoms with Crippen molar-refractivity contribution in [3.63, 3.8) is 0 Å². The van der Waals surface area contributed by atoms with Crippen LogP contribution in [0.5, 0.6) is 0 Å². The molecule has 1 aliphatic heterocycles. The van der Waals surface area contributed by atoms with Crippen LogP contribution in [0.1, 0.15) is 62.0 Å². The van der Waals surface area contributed by atoms with Gasteiger partial charge in [-0.05, 0) is 38.2 Å². The summed E-state index contributed by atoms with van der Waals surface area (Å²) in [4.78, 5) is 17.3. The van der Waals surface area contributed by atoms with Crippen LogP contribution >= 0.6 is 11.8 Å². The van der Waals surface area contributed by atoms with E-state index in [1.807, 2.05) is 4.90 Å². The molecular formula is C22H29N5OS. The average Bonchev–Trinajstić information content (AvgIpc) is 3.71. The fourth-order valence-corrected chi connectivity index (χ4v) is 5.12. The van der Waals surface area contributed by atoms with Crippen molar-refractivity contribution < 1.29 is 4.79 Å². The third-order valence-corrected chi connectivity index (χ3v) is 7.29. The van der Waals surface area contributed by atoms with Gasteiger partial charge in [-0.15, -0.1) is 10.2 Å². The predicted molar refractivity (Wildman–Crippen MR) is 114 cm³/mol. The van der Waals surface area contributed by atoms with Gasteiger partial charge in [0.1, 0.15) is 5.82 Å². The van der Waals surface area contributed by atoms with Gasteiger partial charge in [-0.2, -0.15) is 0 Å². The number of carbonyl (C=O) groups is 1. The molecule has 1 unspecified atom stereocenters. The number of carbonyl (C=O) groups excluding carboxylic acids is 1. The minimum atomic E-state index is 0.223. The molecule has 2 heterocycles. The molecule has 0 N–H and O–H groups in total. The number of piperazine rings is 1. The third-order valence-electron chi connectivity index (χ3n) is 6.37. The zero-order chi connectivity index (χ0) is 19.8. The Balaban J connectivity index is 1.14. The van der Waals surface area contributed by atoms with E-state index in [0.29, 0.717) is 23.8 Å². The van der Waals surface area contributed by atoms with Crippen LogP contribution in [-0.2, 0) is 4.79 Å². The number of hydrogen-bond acceptors (Lipinski definition) is 5. The maximum Gasteiger partial charge on any atom is 0.233 e. The molecule has 1 saturated heterocycles. The van der Waals surface area contributed by atoms with Gasteiger partial charge in [0, 0.05) is 44.2 Å². The monoisotopic (exact) mass is 411 g/mol. The van der Waals surface area contributed by atoms with Crippen LogP contribution in [0.4, 0.5) is 0 Å². The van der Waals surface area contributed by atoms with Gasteiger partial charge in [0.2, 0.25) is 5.91 Å². The number of benzene rings is 1. The van der Waals surface area contributed by atoms with Gasteiger partial charge in [0.25, 0.3) is 0 Å². The summed E-state index contributed by atoms with van der Waals surface area (Å²) in [6.45, 7) is 5.72. The normalized spacial score (nSPS) is 21.3. The van der Waals surface area contributed by atoms with E-state index in [2.05, 4.69) is 56.9 Å². The molecule has 1 atom stereocenters. The summed E-state index contributed by atoms with van der Waals surface area (Å²) < 4.78 is 2.33. The first kappa shape index (κ1) is 19.1. The second-order valence-corrected chi connectivity index (χ2v) is 9.45. The molecule has 2 aliphatic carbocycles. The summed E-state index contributed by atoms with van der Waals surface area (Å²) >= 11 is 1.57. The summed E-state index contributed by atoms with van der Waals surface area (Å²) in [6, 6.07) is 11.6. The van der Waals surface area contributed by atoms with Crippen LogP contribution in [0.25, 0.3) is 0 Å². The maximum absolute atomic E-state index is 12.8.